The molecule has 3 unspecified atom stereocenters. The fourth-order valence-corrected chi connectivity index (χ4v) is 3.61. The molecular formula is C17H28. The molecule has 2 aliphatic carbocycles. The van der Waals surface area contributed by atoms with Crippen LogP contribution < -0.4 is 0 Å². The van der Waals surface area contributed by atoms with E-state index in [0.29, 0.717) is 0 Å². The summed E-state index contributed by atoms with van der Waals surface area (Å²) in [6.45, 7) is 9.51. The molecule has 0 saturated carbocycles. The highest BCUT2D eigenvalue weighted by atomic mass is 14.4. The summed E-state index contributed by atoms with van der Waals surface area (Å²) in [5.74, 6) is 2.60. The zero-order valence-electron chi connectivity index (χ0n) is 12.1. The summed E-state index contributed by atoms with van der Waals surface area (Å²) in [5.41, 5.74) is 5.29. The molecule has 0 heteroatoms. The summed E-state index contributed by atoms with van der Waals surface area (Å²) in [6.07, 6.45) is 10.6. The van der Waals surface area contributed by atoms with E-state index in [-0.39, 0.29) is 0 Å². The third-order valence-corrected chi connectivity index (χ3v) is 4.81. The highest BCUT2D eigenvalue weighted by Crippen LogP contribution is 2.47. The second kappa shape index (κ2) is 5.42. The summed E-state index contributed by atoms with van der Waals surface area (Å²) >= 11 is 0. The lowest BCUT2D eigenvalue weighted by atomic mass is 9.75. The summed E-state index contributed by atoms with van der Waals surface area (Å²) < 4.78 is 0. The number of hydrogen-bond acceptors (Lipinski definition) is 0. The lowest BCUT2D eigenvalue weighted by molar-refractivity contribution is 0.350. The quantitative estimate of drug-likeness (QED) is 0.600. The van der Waals surface area contributed by atoms with Crippen molar-refractivity contribution in [3.8, 4) is 0 Å². The van der Waals surface area contributed by atoms with Gasteiger partial charge in [-0.05, 0) is 43.1 Å². The Balaban J connectivity index is 2.19. The maximum absolute atomic E-state index is 2.57. The molecule has 0 spiro atoms. The molecular weight excluding hydrogens is 204 g/mol. The highest BCUT2D eigenvalue weighted by Gasteiger charge is 2.32. The van der Waals surface area contributed by atoms with Crippen molar-refractivity contribution >= 4 is 0 Å². The van der Waals surface area contributed by atoms with E-state index in [0.717, 1.165) is 17.8 Å². The predicted molar refractivity (Wildman–Crippen MR) is 76.0 cm³/mol. The predicted octanol–water partition coefficient (Wildman–Crippen LogP) is 5.51. The standard InChI is InChI=1S/C17H28/c1-5-7-14-11-15-9-12(3)13(4)10-17(15)16(14)8-6-2/h11-13,16H,5-10H2,1-4H3. The average molecular weight is 232 g/mol. The van der Waals surface area contributed by atoms with Gasteiger partial charge in [-0.15, -0.1) is 0 Å². The highest BCUT2D eigenvalue weighted by molar-refractivity contribution is 5.44. The van der Waals surface area contributed by atoms with Gasteiger partial charge in [0.1, 0.15) is 0 Å². The molecule has 0 N–H and O–H groups in total. The molecule has 2 aliphatic rings. The van der Waals surface area contributed by atoms with E-state index in [1.165, 1.54) is 38.5 Å². The smallest absolute Gasteiger partial charge is 0.00160 e. The van der Waals surface area contributed by atoms with Crippen molar-refractivity contribution < 1.29 is 0 Å². The van der Waals surface area contributed by atoms with Crippen LogP contribution in [0.1, 0.15) is 66.2 Å². The van der Waals surface area contributed by atoms with Crippen molar-refractivity contribution in [2.75, 3.05) is 0 Å². The van der Waals surface area contributed by atoms with Crippen LogP contribution in [-0.4, -0.2) is 0 Å². The van der Waals surface area contributed by atoms with Gasteiger partial charge in [-0.25, -0.2) is 0 Å². The van der Waals surface area contributed by atoms with Gasteiger partial charge in [0.2, 0.25) is 0 Å². The Bertz CT molecular complexity index is 332. The van der Waals surface area contributed by atoms with Crippen LogP contribution in [0.15, 0.2) is 22.8 Å². The molecule has 0 nitrogen and oxygen atoms in total. The Kier molecular flexibility index (Phi) is 4.12. The summed E-state index contributed by atoms with van der Waals surface area (Å²) in [6, 6.07) is 0. The fraction of sp³-hybridized carbons (Fsp3) is 0.765. The van der Waals surface area contributed by atoms with Crippen molar-refractivity contribution in [2.45, 2.75) is 66.2 Å². The molecule has 0 aromatic heterocycles. The average Bonchev–Trinajstić information content (AvgIpc) is 2.59. The Morgan fingerprint density at radius 1 is 1.06 bits per heavy atom. The zero-order chi connectivity index (χ0) is 12.4. The van der Waals surface area contributed by atoms with Gasteiger partial charge in [0.25, 0.3) is 0 Å². The molecule has 2 rings (SSSR count). The van der Waals surface area contributed by atoms with Crippen molar-refractivity contribution in [3.05, 3.63) is 22.8 Å². The lowest BCUT2D eigenvalue weighted by Crippen LogP contribution is -2.18. The zero-order valence-corrected chi connectivity index (χ0v) is 12.1. The van der Waals surface area contributed by atoms with Gasteiger partial charge in [0.15, 0.2) is 0 Å². The van der Waals surface area contributed by atoms with Gasteiger partial charge in [0, 0.05) is 5.92 Å². The van der Waals surface area contributed by atoms with E-state index in [2.05, 4.69) is 33.8 Å². The normalized spacial score (nSPS) is 32.7. The largest absolute Gasteiger partial charge is 0.0653 e. The molecule has 0 aliphatic heterocycles. The first-order valence-electron chi connectivity index (χ1n) is 7.59. The molecule has 0 heterocycles. The molecule has 0 aromatic carbocycles. The van der Waals surface area contributed by atoms with Gasteiger partial charge in [-0.2, -0.15) is 0 Å². The van der Waals surface area contributed by atoms with Crippen LogP contribution >= 0.6 is 0 Å². The van der Waals surface area contributed by atoms with Crippen molar-refractivity contribution in [2.24, 2.45) is 17.8 Å². The van der Waals surface area contributed by atoms with Gasteiger partial charge in [0.05, 0.1) is 0 Å². The number of rotatable bonds is 4. The Labute approximate surface area is 107 Å². The Morgan fingerprint density at radius 3 is 2.41 bits per heavy atom. The molecule has 0 saturated heterocycles. The van der Waals surface area contributed by atoms with Gasteiger partial charge >= 0.3 is 0 Å². The first-order chi connectivity index (χ1) is 8.17. The molecule has 17 heavy (non-hydrogen) atoms. The van der Waals surface area contributed by atoms with E-state index in [9.17, 15) is 0 Å². The minimum atomic E-state index is 0.824. The SMILES string of the molecule is CCCC1=CC2=C(CC(C)C(C)C2)C1CCC. The number of hydrogen-bond donors (Lipinski definition) is 0. The van der Waals surface area contributed by atoms with Crippen LogP contribution in [0, 0.1) is 17.8 Å². The third kappa shape index (κ3) is 2.51. The van der Waals surface area contributed by atoms with Crippen molar-refractivity contribution in [1.29, 1.82) is 0 Å². The lowest BCUT2D eigenvalue weighted by Gasteiger charge is -2.30. The summed E-state index contributed by atoms with van der Waals surface area (Å²) in [4.78, 5) is 0. The second-order valence-corrected chi connectivity index (χ2v) is 6.22. The number of allylic oxidation sites excluding steroid dienone is 4. The first-order valence-corrected chi connectivity index (χ1v) is 7.59. The maximum Gasteiger partial charge on any atom is 0.00160 e. The van der Waals surface area contributed by atoms with Gasteiger partial charge in [-0.1, -0.05) is 57.8 Å². The van der Waals surface area contributed by atoms with Crippen LogP contribution in [0.2, 0.25) is 0 Å². The topological polar surface area (TPSA) is 0 Å². The minimum absolute atomic E-state index is 0.824. The molecule has 96 valence electrons. The fourth-order valence-electron chi connectivity index (χ4n) is 3.61. The van der Waals surface area contributed by atoms with Crippen LogP contribution in [0.25, 0.3) is 0 Å². The monoisotopic (exact) mass is 232 g/mol. The van der Waals surface area contributed by atoms with E-state index < -0.39 is 0 Å². The van der Waals surface area contributed by atoms with Crippen LogP contribution in [0.5, 0.6) is 0 Å². The van der Waals surface area contributed by atoms with Gasteiger partial charge in [-0.3, -0.25) is 0 Å². The van der Waals surface area contributed by atoms with Crippen LogP contribution in [0.4, 0.5) is 0 Å². The van der Waals surface area contributed by atoms with Crippen molar-refractivity contribution in [1.82, 2.24) is 0 Å². The van der Waals surface area contributed by atoms with E-state index in [4.69, 9.17) is 0 Å². The molecule has 0 aromatic rings. The maximum atomic E-state index is 2.57. The van der Waals surface area contributed by atoms with Gasteiger partial charge < -0.3 is 0 Å². The second-order valence-electron chi connectivity index (χ2n) is 6.22. The Hall–Kier alpha value is -0.520. The molecule has 0 radical (unpaired) electrons. The molecule has 3 atom stereocenters. The summed E-state index contributed by atoms with van der Waals surface area (Å²) in [7, 11) is 0. The van der Waals surface area contributed by atoms with E-state index in [1.807, 2.05) is 5.57 Å². The van der Waals surface area contributed by atoms with Crippen molar-refractivity contribution in [3.63, 3.8) is 0 Å². The molecule has 0 amide bonds. The minimum Gasteiger partial charge on any atom is -0.0653 e. The first kappa shape index (κ1) is 12.9. The van der Waals surface area contributed by atoms with Crippen LogP contribution in [0.3, 0.4) is 0 Å². The van der Waals surface area contributed by atoms with Crippen LogP contribution in [-0.2, 0) is 0 Å². The Morgan fingerprint density at radius 2 is 1.76 bits per heavy atom. The van der Waals surface area contributed by atoms with E-state index in [1.54, 1.807) is 11.1 Å². The van der Waals surface area contributed by atoms with E-state index >= 15 is 0 Å². The molecule has 0 fully saturated rings. The molecule has 0 bridgehead atoms. The summed E-state index contributed by atoms with van der Waals surface area (Å²) in [5, 5.41) is 0. The third-order valence-electron chi connectivity index (χ3n) is 4.81.